The molecule has 0 aliphatic rings. The van der Waals surface area contributed by atoms with E-state index in [0.29, 0.717) is 17.5 Å². The minimum absolute atomic E-state index is 0.602. The van der Waals surface area contributed by atoms with Gasteiger partial charge in [-0.1, -0.05) is 146 Å². The molecule has 0 atom stereocenters. The minimum atomic E-state index is 0.602. The third kappa shape index (κ3) is 4.99. The van der Waals surface area contributed by atoms with Gasteiger partial charge < -0.3 is 4.42 Å². The molecule has 11 rings (SSSR count). The van der Waals surface area contributed by atoms with Gasteiger partial charge >= 0.3 is 0 Å². The minimum Gasteiger partial charge on any atom is -0.455 e. The van der Waals surface area contributed by atoms with Gasteiger partial charge in [-0.15, -0.1) is 11.3 Å². The maximum atomic E-state index is 6.35. The number of aromatic nitrogens is 4. The lowest BCUT2D eigenvalue weighted by Gasteiger charge is -2.11. The Morgan fingerprint density at radius 3 is 1.83 bits per heavy atom. The van der Waals surface area contributed by atoms with Crippen LogP contribution in [0.5, 0.6) is 0 Å². The molecule has 7 aromatic carbocycles. The normalized spacial score (nSPS) is 11.7. The molecule has 11 aromatic rings. The van der Waals surface area contributed by atoms with E-state index in [4.69, 9.17) is 24.4 Å². The summed E-state index contributed by atoms with van der Waals surface area (Å²) in [6.45, 7) is 0. The molecule has 4 heterocycles. The lowest BCUT2D eigenvalue weighted by molar-refractivity contribution is 0.670. The number of fused-ring (bicyclic) bond motifs is 8. The molecule has 0 radical (unpaired) electrons. The van der Waals surface area contributed by atoms with E-state index < -0.39 is 0 Å². The van der Waals surface area contributed by atoms with Gasteiger partial charge in [-0.3, -0.25) is 0 Å². The number of nitrogens with zero attached hydrogens (tertiary/aromatic N) is 4. The van der Waals surface area contributed by atoms with Crippen LogP contribution in [-0.2, 0) is 0 Å². The van der Waals surface area contributed by atoms with Crippen LogP contribution in [0.25, 0.3) is 110 Å². The maximum Gasteiger partial charge on any atom is 0.164 e. The summed E-state index contributed by atoms with van der Waals surface area (Å²) in [5, 5.41) is 5.89. The molecule has 54 heavy (non-hydrogen) atoms. The van der Waals surface area contributed by atoms with Crippen molar-refractivity contribution in [1.82, 2.24) is 19.9 Å². The summed E-state index contributed by atoms with van der Waals surface area (Å²) in [5.74, 6) is 1.83. The van der Waals surface area contributed by atoms with Gasteiger partial charge in [0.05, 0.1) is 15.9 Å². The monoisotopic (exact) mass is 708 g/mol. The second-order valence-corrected chi connectivity index (χ2v) is 14.4. The first kappa shape index (κ1) is 30.6. The topological polar surface area (TPSA) is 64.7 Å². The third-order valence-corrected chi connectivity index (χ3v) is 11.3. The van der Waals surface area contributed by atoms with E-state index in [0.717, 1.165) is 66.5 Å². The molecule has 0 aliphatic heterocycles. The van der Waals surface area contributed by atoms with E-state index in [1.807, 2.05) is 48.5 Å². The number of pyridine rings is 1. The summed E-state index contributed by atoms with van der Waals surface area (Å²) < 4.78 is 8.77. The van der Waals surface area contributed by atoms with Crippen molar-refractivity contribution in [3.05, 3.63) is 170 Å². The van der Waals surface area contributed by atoms with Crippen LogP contribution in [0, 0.1) is 0 Å². The van der Waals surface area contributed by atoms with Gasteiger partial charge in [-0.2, -0.15) is 0 Å². The summed E-state index contributed by atoms with van der Waals surface area (Å²) in [5.41, 5.74) is 9.54. The van der Waals surface area contributed by atoms with Gasteiger partial charge in [0.1, 0.15) is 11.2 Å². The maximum absolute atomic E-state index is 6.35. The van der Waals surface area contributed by atoms with E-state index >= 15 is 0 Å². The molecule has 0 unspecified atom stereocenters. The zero-order chi connectivity index (χ0) is 35.6. The van der Waals surface area contributed by atoms with Crippen LogP contribution in [0.4, 0.5) is 0 Å². The molecule has 0 fully saturated rings. The SMILES string of the molecule is c1ccc(-c2nc(-c3ccc(-c4cccc5c4oc4ccccc45)cc3)nc(-c3cccc(-c4nc5ccccc5c5c4sc4ccccc45)c3)n2)cc1. The molecular weight excluding hydrogens is 681 g/mol. The van der Waals surface area contributed by atoms with Crippen molar-refractivity contribution >= 4 is 64.4 Å². The molecule has 0 N–H and O–H groups in total. The number of rotatable bonds is 5. The summed E-state index contributed by atoms with van der Waals surface area (Å²) in [6, 6.07) is 58.4. The van der Waals surface area contributed by atoms with E-state index in [-0.39, 0.29) is 0 Å². The Bertz CT molecular complexity index is 3220. The zero-order valence-electron chi connectivity index (χ0n) is 28.8. The Labute approximate surface area is 313 Å². The van der Waals surface area contributed by atoms with Gasteiger partial charge in [0.15, 0.2) is 17.5 Å². The van der Waals surface area contributed by atoms with Crippen molar-refractivity contribution in [1.29, 1.82) is 0 Å². The number of hydrogen-bond acceptors (Lipinski definition) is 6. The van der Waals surface area contributed by atoms with Gasteiger partial charge in [0.2, 0.25) is 0 Å². The number of hydrogen-bond donors (Lipinski definition) is 0. The van der Waals surface area contributed by atoms with E-state index in [1.165, 1.54) is 25.6 Å². The average molecular weight is 709 g/mol. The molecule has 0 aliphatic carbocycles. The summed E-state index contributed by atoms with van der Waals surface area (Å²) in [6.07, 6.45) is 0. The Balaban J connectivity index is 1.04. The predicted octanol–water partition coefficient (Wildman–Crippen LogP) is 13.0. The van der Waals surface area contributed by atoms with Gasteiger partial charge in [0.25, 0.3) is 0 Å². The lowest BCUT2D eigenvalue weighted by atomic mass is 10.0. The summed E-state index contributed by atoms with van der Waals surface area (Å²) in [4.78, 5) is 20.4. The fourth-order valence-electron chi connectivity index (χ4n) is 7.56. The zero-order valence-corrected chi connectivity index (χ0v) is 29.6. The highest BCUT2D eigenvalue weighted by atomic mass is 32.1. The number of furan rings is 1. The van der Waals surface area contributed by atoms with E-state index in [2.05, 4.69) is 121 Å². The van der Waals surface area contributed by atoms with Crippen molar-refractivity contribution in [3.8, 4) is 56.5 Å². The van der Waals surface area contributed by atoms with Crippen molar-refractivity contribution in [2.24, 2.45) is 0 Å². The largest absolute Gasteiger partial charge is 0.455 e. The molecule has 5 nitrogen and oxygen atoms in total. The first-order chi connectivity index (χ1) is 26.7. The van der Waals surface area contributed by atoms with Crippen LogP contribution in [-0.4, -0.2) is 19.9 Å². The number of thiophene rings is 1. The Morgan fingerprint density at radius 2 is 1.00 bits per heavy atom. The highest BCUT2D eigenvalue weighted by molar-refractivity contribution is 7.26. The number of para-hydroxylation sites is 3. The molecular formula is C48H28N4OS. The van der Waals surface area contributed by atoms with Crippen LogP contribution in [0.2, 0.25) is 0 Å². The van der Waals surface area contributed by atoms with Gasteiger partial charge in [-0.05, 0) is 29.8 Å². The molecule has 0 amide bonds. The first-order valence-electron chi connectivity index (χ1n) is 17.9. The van der Waals surface area contributed by atoms with Crippen LogP contribution in [0.3, 0.4) is 0 Å². The van der Waals surface area contributed by atoms with Gasteiger partial charge in [-0.25, -0.2) is 19.9 Å². The summed E-state index contributed by atoms with van der Waals surface area (Å²) in [7, 11) is 0. The van der Waals surface area contributed by atoms with Crippen molar-refractivity contribution in [2.45, 2.75) is 0 Å². The smallest absolute Gasteiger partial charge is 0.164 e. The highest BCUT2D eigenvalue weighted by Crippen LogP contribution is 2.43. The average Bonchev–Trinajstić information content (AvgIpc) is 3.83. The Morgan fingerprint density at radius 1 is 0.407 bits per heavy atom. The van der Waals surface area contributed by atoms with Crippen LogP contribution < -0.4 is 0 Å². The molecule has 252 valence electrons. The molecule has 0 spiro atoms. The molecule has 0 saturated heterocycles. The fraction of sp³-hybridized carbons (Fsp3) is 0. The quantitative estimate of drug-likeness (QED) is 0.178. The van der Waals surface area contributed by atoms with Crippen LogP contribution in [0.15, 0.2) is 174 Å². The van der Waals surface area contributed by atoms with Crippen molar-refractivity contribution in [2.75, 3.05) is 0 Å². The Kier molecular flexibility index (Phi) is 6.97. The molecule has 0 saturated carbocycles. The van der Waals surface area contributed by atoms with Crippen LogP contribution >= 0.6 is 11.3 Å². The van der Waals surface area contributed by atoms with E-state index in [1.54, 1.807) is 11.3 Å². The predicted molar refractivity (Wildman–Crippen MR) is 222 cm³/mol. The standard InChI is InChI=1S/C48H28N4OS/c1-2-12-30(13-3-1)46-50-47(31-26-24-29(25-27-31)34-19-11-20-36-35-16-5-8-22-40(35)53-44(34)36)52-48(51-46)33-15-10-14-32(28-33)43-45-42(37-17-4-7-21-39(37)49-43)38-18-6-9-23-41(38)54-45/h1-28H. The lowest BCUT2D eigenvalue weighted by Crippen LogP contribution is -2.00. The second kappa shape index (κ2) is 12.3. The Hall–Kier alpha value is -7.02. The molecule has 4 aromatic heterocycles. The summed E-state index contributed by atoms with van der Waals surface area (Å²) >= 11 is 1.79. The van der Waals surface area contributed by atoms with Gasteiger partial charge in [0, 0.05) is 59.4 Å². The number of benzene rings is 7. The fourth-order valence-corrected chi connectivity index (χ4v) is 8.79. The van der Waals surface area contributed by atoms with E-state index in [9.17, 15) is 0 Å². The van der Waals surface area contributed by atoms with Crippen molar-refractivity contribution < 1.29 is 4.42 Å². The van der Waals surface area contributed by atoms with Crippen molar-refractivity contribution in [3.63, 3.8) is 0 Å². The third-order valence-electron chi connectivity index (χ3n) is 10.1. The first-order valence-corrected chi connectivity index (χ1v) is 18.7. The second-order valence-electron chi connectivity index (χ2n) is 13.4. The highest BCUT2D eigenvalue weighted by Gasteiger charge is 2.18. The van der Waals surface area contributed by atoms with Crippen LogP contribution in [0.1, 0.15) is 0 Å². The molecule has 6 heteroatoms. The molecule has 0 bridgehead atoms.